The van der Waals surface area contributed by atoms with Gasteiger partial charge in [0.25, 0.3) is 0 Å². The molecule has 1 aromatic rings. The van der Waals surface area contributed by atoms with Gasteiger partial charge in [-0.3, -0.25) is 0 Å². The minimum absolute atomic E-state index is 0.230. The minimum Gasteiger partial charge on any atom is -0.360 e. The Hall–Kier alpha value is -0.900. The summed E-state index contributed by atoms with van der Waals surface area (Å²) in [6.07, 6.45) is 0. The quantitative estimate of drug-likeness (QED) is 0.568. The van der Waals surface area contributed by atoms with E-state index in [2.05, 4.69) is 5.32 Å². The second-order valence-corrected chi connectivity index (χ2v) is 4.66. The second-order valence-electron chi connectivity index (χ2n) is 2.65. The van der Waals surface area contributed by atoms with Gasteiger partial charge in [0, 0.05) is 4.90 Å². The van der Waals surface area contributed by atoms with Gasteiger partial charge in [0.2, 0.25) is 0 Å². The summed E-state index contributed by atoms with van der Waals surface area (Å²) in [5.41, 5.74) is 6.08. The number of nitrogens with two attached hydrogens (primary N) is 1. The van der Waals surface area contributed by atoms with Crippen molar-refractivity contribution in [3.05, 3.63) is 17.9 Å². The van der Waals surface area contributed by atoms with Crippen LogP contribution in [0.1, 0.15) is 0 Å². The normalized spacial score (nSPS) is 18.5. The van der Waals surface area contributed by atoms with Crippen molar-refractivity contribution >= 4 is 29.2 Å². The molecule has 1 atom stereocenters. The number of nitrogens with zero attached hydrogens (tertiary/aromatic N) is 1. The van der Waals surface area contributed by atoms with Crippen molar-refractivity contribution in [2.75, 3.05) is 5.32 Å². The minimum atomic E-state index is -0.391. The van der Waals surface area contributed by atoms with Crippen LogP contribution in [-0.2, 0) is 0 Å². The lowest BCUT2D eigenvalue weighted by Crippen LogP contribution is -2.20. The van der Waals surface area contributed by atoms with Gasteiger partial charge < -0.3 is 11.1 Å². The van der Waals surface area contributed by atoms with E-state index in [1.165, 1.54) is 17.8 Å². The lowest BCUT2D eigenvalue weighted by Gasteiger charge is -2.02. The van der Waals surface area contributed by atoms with E-state index in [1.54, 1.807) is 6.07 Å². The van der Waals surface area contributed by atoms with E-state index in [9.17, 15) is 4.39 Å². The Morgan fingerprint density at radius 1 is 1.64 bits per heavy atom. The van der Waals surface area contributed by atoms with Crippen LogP contribution in [0.5, 0.6) is 0 Å². The number of fused-ring (bicyclic) bond motifs is 1. The third-order valence-corrected chi connectivity index (χ3v) is 3.33. The average Bonchev–Trinajstić information content (AvgIpc) is 2.45. The molecule has 0 fully saturated rings. The Bertz CT molecular complexity index is 416. The first kappa shape index (κ1) is 9.65. The highest BCUT2D eigenvalue weighted by Crippen LogP contribution is 2.39. The molecule has 0 spiro atoms. The van der Waals surface area contributed by atoms with Crippen molar-refractivity contribution in [3.63, 3.8) is 0 Å². The SMILES string of the molecule is N#CSc1cc2c(cc1F)NC(N)S2. The summed E-state index contributed by atoms with van der Waals surface area (Å²) in [4.78, 5) is 1.23. The zero-order chi connectivity index (χ0) is 10.1. The van der Waals surface area contributed by atoms with Crippen LogP contribution in [0.15, 0.2) is 21.9 Å². The van der Waals surface area contributed by atoms with E-state index in [0.717, 1.165) is 16.7 Å². The van der Waals surface area contributed by atoms with Crippen molar-refractivity contribution < 1.29 is 4.39 Å². The average molecular weight is 227 g/mol. The van der Waals surface area contributed by atoms with Crippen molar-refractivity contribution in [2.45, 2.75) is 15.3 Å². The number of rotatable bonds is 1. The van der Waals surface area contributed by atoms with Crippen LogP contribution in [0.25, 0.3) is 0 Å². The van der Waals surface area contributed by atoms with Gasteiger partial charge in [0.05, 0.1) is 10.6 Å². The molecule has 0 aliphatic carbocycles. The summed E-state index contributed by atoms with van der Waals surface area (Å²) in [6.45, 7) is 0. The van der Waals surface area contributed by atoms with Gasteiger partial charge in [-0.2, -0.15) is 5.26 Å². The predicted molar refractivity (Wildman–Crippen MR) is 55.3 cm³/mol. The number of hydrogen-bond acceptors (Lipinski definition) is 5. The molecule has 6 heteroatoms. The van der Waals surface area contributed by atoms with Crippen LogP contribution in [0, 0.1) is 16.5 Å². The van der Waals surface area contributed by atoms with Gasteiger partial charge in [0.1, 0.15) is 16.7 Å². The Kier molecular flexibility index (Phi) is 2.54. The highest BCUT2D eigenvalue weighted by atomic mass is 32.2. The third-order valence-electron chi connectivity index (χ3n) is 1.74. The Labute approximate surface area is 88.8 Å². The molecule has 1 aliphatic heterocycles. The van der Waals surface area contributed by atoms with Crippen LogP contribution in [0.3, 0.4) is 0 Å². The van der Waals surface area contributed by atoms with Gasteiger partial charge in [0.15, 0.2) is 0 Å². The second kappa shape index (κ2) is 3.69. The molecular formula is C8H6FN3S2. The first-order chi connectivity index (χ1) is 6.70. The Balaban J connectivity index is 2.41. The van der Waals surface area contributed by atoms with E-state index in [4.69, 9.17) is 11.0 Å². The summed E-state index contributed by atoms with van der Waals surface area (Å²) < 4.78 is 13.3. The van der Waals surface area contributed by atoms with Crippen LogP contribution in [0.4, 0.5) is 10.1 Å². The fraction of sp³-hybridized carbons (Fsp3) is 0.125. The number of halogens is 1. The zero-order valence-electron chi connectivity index (χ0n) is 6.95. The fourth-order valence-corrected chi connectivity index (χ4v) is 2.59. The number of benzene rings is 1. The lowest BCUT2D eigenvalue weighted by atomic mass is 10.3. The molecule has 0 saturated carbocycles. The smallest absolute Gasteiger partial charge is 0.139 e. The number of nitriles is 1. The maximum atomic E-state index is 13.3. The van der Waals surface area contributed by atoms with Crippen LogP contribution < -0.4 is 11.1 Å². The molecule has 1 aliphatic rings. The molecule has 72 valence electrons. The summed E-state index contributed by atoms with van der Waals surface area (Å²) in [7, 11) is 0. The van der Waals surface area contributed by atoms with Gasteiger partial charge in [-0.15, -0.1) is 0 Å². The molecule has 1 aromatic carbocycles. The molecule has 3 N–H and O–H groups in total. The predicted octanol–water partition coefficient (Wildman–Crippen LogP) is 2.16. The number of anilines is 1. The summed E-state index contributed by atoms with van der Waals surface area (Å²) in [5.74, 6) is -0.391. The van der Waals surface area contributed by atoms with Crippen molar-refractivity contribution in [2.24, 2.45) is 5.73 Å². The third kappa shape index (κ3) is 1.66. The first-order valence-electron chi connectivity index (χ1n) is 3.79. The van der Waals surface area contributed by atoms with E-state index in [1.807, 2.05) is 5.40 Å². The summed E-state index contributed by atoms with van der Waals surface area (Å²) in [5, 5.41) is 13.2. The summed E-state index contributed by atoms with van der Waals surface area (Å²) in [6, 6.07) is 3.01. The molecule has 14 heavy (non-hydrogen) atoms. The molecule has 0 bridgehead atoms. The van der Waals surface area contributed by atoms with Crippen molar-refractivity contribution in [1.29, 1.82) is 5.26 Å². The topological polar surface area (TPSA) is 61.8 Å². The highest BCUT2D eigenvalue weighted by molar-refractivity contribution is 8.03. The van der Waals surface area contributed by atoms with Gasteiger partial charge in [-0.25, -0.2) is 4.39 Å². The number of thioether (sulfide) groups is 2. The highest BCUT2D eigenvalue weighted by Gasteiger charge is 2.20. The molecule has 0 aromatic heterocycles. The monoisotopic (exact) mass is 227 g/mol. The number of nitrogens with one attached hydrogen (secondary N) is 1. The summed E-state index contributed by atoms with van der Waals surface area (Å²) >= 11 is 2.23. The van der Waals surface area contributed by atoms with Gasteiger partial charge in [-0.05, 0) is 23.9 Å². The van der Waals surface area contributed by atoms with Crippen LogP contribution in [0.2, 0.25) is 0 Å². The number of hydrogen-bond donors (Lipinski definition) is 2. The first-order valence-corrected chi connectivity index (χ1v) is 5.48. The lowest BCUT2D eigenvalue weighted by molar-refractivity contribution is 0.601. The van der Waals surface area contributed by atoms with E-state index < -0.39 is 5.82 Å². The molecule has 0 amide bonds. The van der Waals surface area contributed by atoms with E-state index in [0.29, 0.717) is 10.6 Å². The molecule has 1 unspecified atom stereocenters. The Morgan fingerprint density at radius 3 is 3.14 bits per heavy atom. The molecule has 1 heterocycles. The molecule has 0 saturated heterocycles. The maximum Gasteiger partial charge on any atom is 0.139 e. The van der Waals surface area contributed by atoms with Crippen LogP contribution in [-0.4, -0.2) is 5.50 Å². The molecule has 2 rings (SSSR count). The molecule has 3 nitrogen and oxygen atoms in total. The van der Waals surface area contributed by atoms with Gasteiger partial charge >= 0.3 is 0 Å². The van der Waals surface area contributed by atoms with E-state index in [-0.39, 0.29) is 5.50 Å². The Morgan fingerprint density at radius 2 is 2.43 bits per heavy atom. The molecular weight excluding hydrogens is 221 g/mol. The zero-order valence-corrected chi connectivity index (χ0v) is 8.58. The van der Waals surface area contributed by atoms with Crippen molar-refractivity contribution in [1.82, 2.24) is 0 Å². The maximum absolute atomic E-state index is 13.3. The largest absolute Gasteiger partial charge is 0.360 e. The standard InChI is InChI=1S/C8H6FN3S2/c9-4-1-5-7(14-8(11)12-5)2-6(4)13-3-10/h1-2,8,12H,11H2. The fourth-order valence-electron chi connectivity index (χ4n) is 1.19. The number of thiocyanates is 1. The van der Waals surface area contributed by atoms with Crippen molar-refractivity contribution in [3.8, 4) is 5.40 Å². The van der Waals surface area contributed by atoms with Gasteiger partial charge in [-0.1, -0.05) is 11.8 Å². The van der Waals surface area contributed by atoms with E-state index >= 15 is 0 Å². The van der Waals surface area contributed by atoms with Crippen LogP contribution >= 0.6 is 23.5 Å². The molecule has 0 radical (unpaired) electrons.